The van der Waals surface area contributed by atoms with Crippen molar-refractivity contribution in [3.05, 3.63) is 35.0 Å². The first-order valence-corrected chi connectivity index (χ1v) is 7.17. The SMILES string of the molecule is Cc1cc(Cl)cc(NS(=O)(=O)c2ccnn2C)c1O. The maximum atomic E-state index is 12.1. The molecule has 0 fully saturated rings. The van der Waals surface area contributed by atoms with Crippen molar-refractivity contribution >= 4 is 27.3 Å². The van der Waals surface area contributed by atoms with Gasteiger partial charge >= 0.3 is 0 Å². The first-order chi connectivity index (χ1) is 8.81. The molecule has 1 heterocycles. The molecule has 0 unspecified atom stereocenters. The number of aromatic nitrogens is 2. The van der Waals surface area contributed by atoms with E-state index in [1.54, 1.807) is 13.0 Å². The molecule has 0 aliphatic heterocycles. The Morgan fingerprint density at radius 2 is 2.11 bits per heavy atom. The summed E-state index contributed by atoms with van der Waals surface area (Å²) in [6.07, 6.45) is 1.37. The highest BCUT2D eigenvalue weighted by Crippen LogP contribution is 2.32. The first kappa shape index (κ1) is 13.7. The third-order valence-corrected chi connectivity index (χ3v) is 4.22. The van der Waals surface area contributed by atoms with Gasteiger partial charge in [-0.1, -0.05) is 11.6 Å². The summed E-state index contributed by atoms with van der Waals surface area (Å²) in [6.45, 7) is 1.63. The van der Waals surface area contributed by atoms with Gasteiger partial charge in [0.1, 0.15) is 5.75 Å². The smallest absolute Gasteiger partial charge is 0.279 e. The van der Waals surface area contributed by atoms with Gasteiger partial charge in [-0.2, -0.15) is 13.5 Å². The Kier molecular flexibility index (Phi) is 3.42. The second kappa shape index (κ2) is 4.75. The molecule has 6 nitrogen and oxygen atoms in total. The topological polar surface area (TPSA) is 84.2 Å². The van der Waals surface area contributed by atoms with Crippen LogP contribution in [-0.2, 0) is 17.1 Å². The Bertz CT molecular complexity index is 725. The van der Waals surface area contributed by atoms with Crippen LogP contribution in [0, 0.1) is 6.92 Å². The molecule has 1 aromatic carbocycles. The van der Waals surface area contributed by atoms with Crippen LogP contribution in [0.4, 0.5) is 5.69 Å². The van der Waals surface area contributed by atoms with E-state index in [9.17, 15) is 13.5 Å². The molecule has 0 radical (unpaired) electrons. The van der Waals surface area contributed by atoms with Gasteiger partial charge in [0.2, 0.25) is 0 Å². The fourth-order valence-corrected chi connectivity index (χ4v) is 3.09. The molecular weight excluding hydrogens is 290 g/mol. The zero-order chi connectivity index (χ0) is 14.2. The van der Waals surface area contributed by atoms with Crippen molar-refractivity contribution in [2.75, 3.05) is 4.72 Å². The normalized spacial score (nSPS) is 11.5. The molecule has 2 N–H and O–H groups in total. The summed E-state index contributed by atoms with van der Waals surface area (Å²) < 4.78 is 27.8. The molecule has 0 saturated heterocycles. The first-order valence-electron chi connectivity index (χ1n) is 5.31. The number of hydrogen-bond donors (Lipinski definition) is 2. The predicted octanol–water partition coefficient (Wildman–Crippen LogP) is 1.89. The average Bonchev–Trinajstić information content (AvgIpc) is 2.72. The summed E-state index contributed by atoms with van der Waals surface area (Å²) >= 11 is 5.84. The van der Waals surface area contributed by atoms with E-state index in [0.717, 1.165) is 0 Å². The molecule has 0 amide bonds. The van der Waals surface area contributed by atoms with Crippen molar-refractivity contribution in [1.29, 1.82) is 0 Å². The van der Waals surface area contributed by atoms with E-state index in [1.807, 2.05) is 0 Å². The van der Waals surface area contributed by atoms with Gasteiger partial charge in [0.15, 0.2) is 5.03 Å². The molecule has 0 saturated carbocycles. The summed E-state index contributed by atoms with van der Waals surface area (Å²) in [7, 11) is -2.31. The van der Waals surface area contributed by atoms with E-state index in [0.29, 0.717) is 10.6 Å². The molecule has 8 heteroatoms. The van der Waals surface area contributed by atoms with Crippen LogP contribution in [0.15, 0.2) is 29.4 Å². The summed E-state index contributed by atoms with van der Waals surface area (Å²) in [6, 6.07) is 4.24. The number of nitrogens with one attached hydrogen (secondary N) is 1. The van der Waals surface area contributed by atoms with Gasteiger partial charge in [0.05, 0.1) is 11.9 Å². The van der Waals surface area contributed by atoms with E-state index in [1.165, 1.54) is 30.1 Å². The number of phenolic OH excluding ortho intramolecular Hbond substituents is 1. The van der Waals surface area contributed by atoms with E-state index in [-0.39, 0.29) is 16.5 Å². The largest absolute Gasteiger partial charge is 0.505 e. The number of anilines is 1. The zero-order valence-electron chi connectivity index (χ0n) is 10.3. The summed E-state index contributed by atoms with van der Waals surface area (Å²) in [5.74, 6) is -0.157. The molecule has 0 aliphatic rings. The van der Waals surface area contributed by atoms with Gasteiger partial charge in [-0.25, -0.2) is 0 Å². The summed E-state index contributed by atoms with van der Waals surface area (Å²) in [5.41, 5.74) is 0.515. The lowest BCUT2D eigenvalue weighted by Crippen LogP contribution is -2.16. The second-order valence-electron chi connectivity index (χ2n) is 4.02. The maximum Gasteiger partial charge on any atom is 0.279 e. The second-order valence-corrected chi connectivity index (χ2v) is 6.08. The highest BCUT2D eigenvalue weighted by atomic mass is 35.5. The lowest BCUT2D eigenvalue weighted by molar-refractivity contribution is 0.473. The van der Waals surface area contributed by atoms with Crippen molar-refractivity contribution in [3.63, 3.8) is 0 Å². The minimum atomic E-state index is -3.82. The van der Waals surface area contributed by atoms with Crippen molar-refractivity contribution in [2.45, 2.75) is 11.9 Å². The molecule has 19 heavy (non-hydrogen) atoms. The van der Waals surface area contributed by atoms with Crippen LogP contribution in [0.2, 0.25) is 5.02 Å². The standard InChI is InChI=1S/C11H12ClN3O3S/c1-7-5-8(12)6-9(11(7)16)14-19(17,18)10-3-4-13-15(10)2/h3-6,14,16H,1-2H3. The van der Waals surface area contributed by atoms with E-state index in [2.05, 4.69) is 9.82 Å². The molecule has 0 atom stereocenters. The Morgan fingerprint density at radius 1 is 1.42 bits per heavy atom. The number of rotatable bonds is 3. The highest BCUT2D eigenvalue weighted by molar-refractivity contribution is 7.92. The molecule has 0 spiro atoms. The average molecular weight is 302 g/mol. The van der Waals surface area contributed by atoms with Crippen LogP contribution in [0.5, 0.6) is 5.75 Å². The third-order valence-electron chi connectivity index (χ3n) is 2.56. The Morgan fingerprint density at radius 3 is 2.68 bits per heavy atom. The summed E-state index contributed by atoms with van der Waals surface area (Å²) in [5, 5.41) is 14.0. The van der Waals surface area contributed by atoms with Crippen LogP contribution >= 0.6 is 11.6 Å². The minimum absolute atomic E-state index is 0.00970. The number of aromatic hydroxyl groups is 1. The maximum absolute atomic E-state index is 12.1. The van der Waals surface area contributed by atoms with E-state index < -0.39 is 10.0 Å². The van der Waals surface area contributed by atoms with Crippen LogP contribution in [-0.4, -0.2) is 23.3 Å². The van der Waals surface area contributed by atoms with Gasteiger partial charge < -0.3 is 5.11 Å². The lowest BCUT2D eigenvalue weighted by atomic mass is 10.2. The number of benzene rings is 1. The molecule has 2 rings (SSSR count). The highest BCUT2D eigenvalue weighted by Gasteiger charge is 2.20. The molecule has 2 aromatic rings. The minimum Gasteiger partial charge on any atom is -0.505 e. The molecule has 1 aromatic heterocycles. The zero-order valence-corrected chi connectivity index (χ0v) is 11.8. The molecule has 102 valence electrons. The Labute approximate surface area is 115 Å². The molecule has 0 aliphatic carbocycles. The van der Waals surface area contributed by atoms with Gasteiger partial charge in [-0.15, -0.1) is 0 Å². The van der Waals surface area contributed by atoms with Crippen LogP contribution in [0.25, 0.3) is 0 Å². The van der Waals surface area contributed by atoms with Gasteiger partial charge in [0, 0.05) is 12.1 Å². The number of aryl methyl sites for hydroxylation is 2. The molecular formula is C11H12ClN3O3S. The van der Waals surface area contributed by atoms with Crippen LogP contribution < -0.4 is 4.72 Å². The number of sulfonamides is 1. The van der Waals surface area contributed by atoms with Crippen LogP contribution in [0.1, 0.15) is 5.56 Å². The van der Waals surface area contributed by atoms with E-state index >= 15 is 0 Å². The Balaban J connectivity index is 2.45. The summed E-state index contributed by atoms with van der Waals surface area (Å²) in [4.78, 5) is 0. The van der Waals surface area contributed by atoms with Crippen molar-refractivity contribution in [3.8, 4) is 5.75 Å². The van der Waals surface area contributed by atoms with Crippen LogP contribution in [0.3, 0.4) is 0 Å². The van der Waals surface area contributed by atoms with Gasteiger partial charge in [0.25, 0.3) is 10.0 Å². The number of nitrogens with zero attached hydrogens (tertiary/aromatic N) is 2. The van der Waals surface area contributed by atoms with Crippen molar-refractivity contribution in [2.24, 2.45) is 7.05 Å². The van der Waals surface area contributed by atoms with E-state index in [4.69, 9.17) is 11.6 Å². The predicted molar refractivity (Wildman–Crippen MR) is 71.9 cm³/mol. The lowest BCUT2D eigenvalue weighted by Gasteiger charge is -2.11. The monoisotopic (exact) mass is 301 g/mol. The number of halogens is 1. The van der Waals surface area contributed by atoms with Crippen molar-refractivity contribution in [1.82, 2.24) is 9.78 Å². The van der Waals surface area contributed by atoms with Gasteiger partial charge in [-0.05, 0) is 30.7 Å². The Hall–Kier alpha value is -1.73. The fraction of sp³-hybridized carbons (Fsp3) is 0.182. The molecule has 0 bridgehead atoms. The third kappa shape index (κ3) is 2.66. The fourth-order valence-electron chi connectivity index (χ4n) is 1.64. The number of hydrogen-bond acceptors (Lipinski definition) is 4. The quantitative estimate of drug-likeness (QED) is 0.848. The van der Waals surface area contributed by atoms with Gasteiger partial charge in [-0.3, -0.25) is 9.40 Å². The van der Waals surface area contributed by atoms with Crippen molar-refractivity contribution < 1.29 is 13.5 Å². The number of phenols is 1.